The molecule has 0 bridgehead atoms. The van der Waals surface area contributed by atoms with Crippen molar-refractivity contribution in [3.8, 4) is 0 Å². The van der Waals surface area contributed by atoms with Gasteiger partial charge in [0.1, 0.15) is 0 Å². The van der Waals surface area contributed by atoms with Gasteiger partial charge in [-0.1, -0.05) is 26.7 Å². The quantitative estimate of drug-likeness (QED) is 0.810. The number of aliphatic hydroxyl groups excluding tert-OH is 1. The maximum absolute atomic E-state index is 10.1. The highest BCUT2D eigenvalue weighted by Gasteiger charge is 2.34. The van der Waals surface area contributed by atoms with Gasteiger partial charge in [0.15, 0.2) is 0 Å². The number of likely N-dealkylation sites (N-methyl/N-ethyl adjacent to an activating group) is 1. The van der Waals surface area contributed by atoms with E-state index in [1.165, 1.54) is 38.8 Å². The maximum Gasteiger partial charge on any atom is 0.0695 e. The van der Waals surface area contributed by atoms with Gasteiger partial charge < -0.3 is 5.11 Å². The molecule has 17 heavy (non-hydrogen) atoms. The predicted molar refractivity (Wildman–Crippen MR) is 71.2 cm³/mol. The Morgan fingerprint density at radius 1 is 1.12 bits per heavy atom. The lowest BCUT2D eigenvalue weighted by Crippen LogP contribution is -2.46. The third-order valence-electron chi connectivity index (χ3n) is 4.69. The molecule has 2 fully saturated rings. The number of rotatable bonds is 4. The first-order valence-corrected chi connectivity index (χ1v) is 7.42. The zero-order valence-corrected chi connectivity index (χ0v) is 11.4. The topological polar surface area (TPSA) is 26.7 Å². The van der Waals surface area contributed by atoms with Gasteiger partial charge in [-0.3, -0.25) is 9.80 Å². The van der Waals surface area contributed by atoms with Crippen LogP contribution in [0.3, 0.4) is 0 Å². The fourth-order valence-electron chi connectivity index (χ4n) is 3.63. The Labute approximate surface area is 106 Å². The predicted octanol–water partition coefficient (Wildman–Crippen LogP) is 1.71. The van der Waals surface area contributed by atoms with Crippen molar-refractivity contribution in [3.63, 3.8) is 0 Å². The van der Waals surface area contributed by atoms with Gasteiger partial charge in [0, 0.05) is 25.2 Å². The van der Waals surface area contributed by atoms with E-state index < -0.39 is 0 Å². The molecular weight excluding hydrogens is 212 g/mol. The van der Waals surface area contributed by atoms with Gasteiger partial charge >= 0.3 is 0 Å². The first-order chi connectivity index (χ1) is 8.26. The second-order valence-electron chi connectivity index (χ2n) is 5.58. The van der Waals surface area contributed by atoms with Crippen molar-refractivity contribution in [2.45, 2.75) is 64.1 Å². The summed E-state index contributed by atoms with van der Waals surface area (Å²) in [5, 5.41) is 10.1. The molecule has 1 heterocycles. The molecular formula is C14H28N2O. The second kappa shape index (κ2) is 6.17. The van der Waals surface area contributed by atoms with Crippen LogP contribution in [0.15, 0.2) is 0 Å². The Morgan fingerprint density at radius 3 is 2.47 bits per heavy atom. The second-order valence-corrected chi connectivity index (χ2v) is 5.58. The van der Waals surface area contributed by atoms with Gasteiger partial charge in [-0.05, 0) is 32.4 Å². The lowest BCUT2D eigenvalue weighted by atomic mass is 9.91. The lowest BCUT2D eigenvalue weighted by molar-refractivity contribution is 0.0276. The van der Waals surface area contributed by atoms with E-state index in [9.17, 15) is 5.11 Å². The van der Waals surface area contributed by atoms with E-state index in [0.717, 1.165) is 25.6 Å². The Morgan fingerprint density at radius 2 is 1.82 bits per heavy atom. The van der Waals surface area contributed by atoms with Crippen molar-refractivity contribution in [2.24, 2.45) is 0 Å². The summed E-state index contributed by atoms with van der Waals surface area (Å²) < 4.78 is 0. The molecule has 0 aromatic heterocycles. The van der Waals surface area contributed by atoms with Crippen LogP contribution in [0.5, 0.6) is 0 Å². The van der Waals surface area contributed by atoms with Crippen LogP contribution in [0.1, 0.15) is 46.0 Å². The first-order valence-electron chi connectivity index (χ1n) is 7.42. The molecule has 1 aliphatic heterocycles. The van der Waals surface area contributed by atoms with Crippen molar-refractivity contribution >= 4 is 0 Å². The third-order valence-corrected chi connectivity index (χ3v) is 4.69. The van der Waals surface area contributed by atoms with Crippen LogP contribution in [0, 0.1) is 0 Å². The number of hydrogen-bond acceptors (Lipinski definition) is 3. The molecule has 2 rings (SSSR count). The molecule has 1 aliphatic carbocycles. The fraction of sp³-hybridized carbons (Fsp3) is 1.00. The Bertz CT molecular complexity index is 230. The zero-order chi connectivity index (χ0) is 12.3. The summed E-state index contributed by atoms with van der Waals surface area (Å²) in [4.78, 5) is 5.11. The zero-order valence-electron chi connectivity index (χ0n) is 11.4. The Kier molecular flexibility index (Phi) is 4.83. The Balaban J connectivity index is 1.88. The largest absolute Gasteiger partial charge is 0.391 e. The summed E-state index contributed by atoms with van der Waals surface area (Å²) in [5.41, 5.74) is 0. The van der Waals surface area contributed by atoms with E-state index in [2.05, 4.69) is 23.6 Å². The number of likely N-dealkylation sites (tertiary alicyclic amines) is 1. The van der Waals surface area contributed by atoms with Crippen LogP contribution in [0.4, 0.5) is 0 Å². The summed E-state index contributed by atoms with van der Waals surface area (Å²) >= 11 is 0. The molecule has 0 aromatic carbocycles. The van der Waals surface area contributed by atoms with Crippen LogP contribution >= 0.6 is 0 Å². The SMILES string of the molecule is CCN(CC)C1CCN([C@H]2CCCC[C@@H]2O)C1. The number of hydrogen-bond donors (Lipinski definition) is 1. The van der Waals surface area contributed by atoms with Crippen molar-refractivity contribution < 1.29 is 5.11 Å². The van der Waals surface area contributed by atoms with Crippen LogP contribution in [0.25, 0.3) is 0 Å². The van der Waals surface area contributed by atoms with Crippen LogP contribution in [-0.4, -0.2) is 59.3 Å². The van der Waals surface area contributed by atoms with E-state index in [1.807, 2.05) is 0 Å². The molecule has 2 aliphatic rings. The van der Waals surface area contributed by atoms with Gasteiger partial charge in [-0.2, -0.15) is 0 Å². The summed E-state index contributed by atoms with van der Waals surface area (Å²) in [5.74, 6) is 0. The van der Waals surface area contributed by atoms with Crippen molar-refractivity contribution in [1.29, 1.82) is 0 Å². The first kappa shape index (κ1) is 13.3. The van der Waals surface area contributed by atoms with Gasteiger partial charge in [-0.25, -0.2) is 0 Å². The highest BCUT2D eigenvalue weighted by atomic mass is 16.3. The summed E-state index contributed by atoms with van der Waals surface area (Å²) in [6.45, 7) is 9.17. The molecule has 0 aromatic rings. The average Bonchev–Trinajstić information content (AvgIpc) is 2.81. The molecule has 3 heteroatoms. The van der Waals surface area contributed by atoms with Crippen LogP contribution < -0.4 is 0 Å². The van der Waals surface area contributed by atoms with E-state index in [-0.39, 0.29) is 6.10 Å². The van der Waals surface area contributed by atoms with Crippen molar-refractivity contribution in [3.05, 3.63) is 0 Å². The molecule has 0 spiro atoms. The van der Waals surface area contributed by atoms with Gasteiger partial charge in [0.2, 0.25) is 0 Å². The molecule has 0 radical (unpaired) electrons. The molecule has 0 amide bonds. The van der Waals surface area contributed by atoms with Gasteiger partial charge in [-0.15, -0.1) is 0 Å². The minimum absolute atomic E-state index is 0.0702. The highest BCUT2D eigenvalue weighted by Crippen LogP contribution is 2.27. The van der Waals surface area contributed by atoms with E-state index in [1.54, 1.807) is 0 Å². The van der Waals surface area contributed by atoms with Crippen LogP contribution in [-0.2, 0) is 0 Å². The van der Waals surface area contributed by atoms with Gasteiger partial charge in [0.05, 0.1) is 6.10 Å². The van der Waals surface area contributed by atoms with E-state index in [0.29, 0.717) is 6.04 Å². The van der Waals surface area contributed by atoms with Gasteiger partial charge in [0.25, 0.3) is 0 Å². The molecule has 1 saturated carbocycles. The summed E-state index contributed by atoms with van der Waals surface area (Å²) in [6.07, 6.45) is 5.94. The standard InChI is InChI=1S/C14H28N2O/c1-3-15(4-2)12-9-10-16(11-12)13-7-5-6-8-14(13)17/h12-14,17H,3-11H2,1-2H3/t12?,13-,14-/m0/s1. The minimum Gasteiger partial charge on any atom is -0.391 e. The smallest absolute Gasteiger partial charge is 0.0695 e. The maximum atomic E-state index is 10.1. The minimum atomic E-state index is -0.0702. The number of aliphatic hydroxyl groups is 1. The molecule has 1 unspecified atom stereocenters. The molecule has 3 nitrogen and oxygen atoms in total. The highest BCUT2D eigenvalue weighted by molar-refractivity contribution is 4.90. The normalized spacial score (nSPS) is 35.6. The van der Waals surface area contributed by atoms with E-state index >= 15 is 0 Å². The van der Waals surface area contributed by atoms with Crippen LogP contribution in [0.2, 0.25) is 0 Å². The number of nitrogens with zero attached hydrogens (tertiary/aromatic N) is 2. The fourth-order valence-corrected chi connectivity index (χ4v) is 3.63. The average molecular weight is 240 g/mol. The molecule has 100 valence electrons. The summed E-state index contributed by atoms with van der Waals surface area (Å²) in [6, 6.07) is 1.17. The Hall–Kier alpha value is -0.120. The van der Waals surface area contributed by atoms with Crippen molar-refractivity contribution in [2.75, 3.05) is 26.2 Å². The van der Waals surface area contributed by atoms with Crippen molar-refractivity contribution in [1.82, 2.24) is 9.80 Å². The summed E-state index contributed by atoms with van der Waals surface area (Å²) in [7, 11) is 0. The monoisotopic (exact) mass is 240 g/mol. The van der Waals surface area contributed by atoms with E-state index in [4.69, 9.17) is 0 Å². The lowest BCUT2D eigenvalue weighted by Gasteiger charge is -2.36. The molecule has 1 N–H and O–H groups in total. The molecule has 1 saturated heterocycles. The molecule has 3 atom stereocenters. The third kappa shape index (κ3) is 3.01.